The molecule has 9 nitrogen and oxygen atoms in total. The smallest absolute Gasteiger partial charge is 0.340 e. The normalized spacial score (nSPS) is 12.9. The van der Waals surface area contributed by atoms with Crippen LogP contribution in [-0.4, -0.2) is 33.1 Å². The van der Waals surface area contributed by atoms with Crippen LogP contribution < -0.4 is 15.6 Å². The van der Waals surface area contributed by atoms with Crippen molar-refractivity contribution in [2.45, 2.75) is 25.4 Å². The van der Waals surface area contributed by atoms with Crippen molar-refractivity contribution in [3.05, 3.63) is 87.0 Å². The molecule has 2 heterocycles. The van der Waals surface area contributed by atoms with E-state index in [0.29, 0.717) is 22.3 Å². The zero-order valence-corrected chi connectivity index (χ0v) is 19.1. The number of carbonyl (C=O) groups excluding carboxylic acids is 2. The quantitative estimate of drug-likeness (QED) is 0.373. The zero-order valence-electron chi connectivity index (χ0n) is 18.3. The van der Waals surface area contributed by atoms with Gasteiger partial charge in [0, 0.05) is 12.0 Å². The molecule has 1 aliphatic rings. The van der Waals surface area contributed by atoms with Crippen molar-refractivity contribution in [2.24, 2.45) is 0 Å². The van der Waals surface area contributed by atoms with Crippen molar-refractivity contribution in [2.75, 3.05) is 11.9 Å². The van der Waals surface area contributed by atoms with Crippen LogP contribution in [0.2, 0.25) is 0 Å². The molecular formula is C24H19FN4O5S. The highest BCUT2D eigenvalue weighted by molar-refractivity contribution is 7.16. The first kappa shape index (κ1) is 22.7. The number of anilines is 1. The third-order valence-corrected chi connectivity index (χ3v) is 6.27. The second-order valence-electron chi connectivity index (χ2n) is 7.91. The number of amides is 1. The molecule has 11 heteroatoms. The number of hydrogen-bond donors (Lipinski definition) is 1. The lowest BCUT2D eigenvalue weighted by Gasteiger charge is -2.11. The van der Waals surface area contributed by atoms with Gasteiger partial charge in [0.2, 0.25) is 4.96 Å². The maximum absolute atomic E-state index is 13.0. The molecule has 0 aliphatic heterocycles. The van der Waals surface area contributed by atoms with Crippen LogP contribution in [0.3, 0.4) is 0 Å². The van der Waals surface area contributed by atoms with E-state index in [1.165, 1.54) is 52.3 Å². The zero-order chi connectivity index (χ0) is 24.4. The summed E-state index contributed by atoms with van der Waals surface area (Å²) in [7, 11) is 0. The van der Waals surface area contributed by atoms with Crippen molar-refractivity contribution in [3.63, 3.8) is 0 Å². The molecule has 1 fully saturated rings. The number of rotatable bonds is 8. The summed E-state index contributed by atoms with van der Waals surface area (Å²) in [5, 5.41) is 7.82. The van der Waals surface area contributed by atoms with E-state index in [9.17, 15) is 18.8 Å². The molecule has 1 N–H and O–H groups in total. The minimum Gasteiger partial charge on any atom is -0.484 e. The van der Waals surface area contributed by atoms with Crippen LogP contribution in [0.1, 0.15) is 39.8 Å². The van der Waals surface area contributed by atoms with Crippen molar-refractivity contribution in [1.29, 1.82) is 0 Å². The number of hydrogen-bond acceptors (Lipinski definition) is 8. The Balaban J connectivity index is 1.22. The molecule has 178 valence electrons. The number of aromatic nitrogens is 3. The van der Waals surface area contributed by atoms with E-state index in [4.69, 9.17) is 9.47 Å². The van der Waals surface area contributed by atoms with Gasteiger partial charge in [0.25, 0.3) is 11.5 Å². The molecule has 0 radical (unpaired) electrons. The summed E-state index contributed by atoms with van der Waals surface area (Å²) in [5.74, 6) is -0.878. The Hall–Kier alpha value is -4.12. The largest absolute Gasteiger partial charge is 0.484 e. The highest BCUT2D eigenvalue weighted by Crippen LogP contribution is 2.41. The molecular weight excluding hydrogens is 475 g/mol. The number of para-hydroxylation sites is 1. The number of nitrogens with one attached hydrogen (secondary N) is 1. The molecule has 0 spiro atoms. The highest BCUT2D eigenvalue weighted by Gasteiger charge is 2.28. The third-order valence-electron chi connectivity index (χ3n) is 5.20. The fraction of sp³-hybridized carbons (Fsp3) is 0.208. The molecule has 1 amide bonds. The van der Waals surface area contributed by atoms with Crippen LogP contribution in [0.4, 0.5) is 10.1 Å². The van der Waals surface area contributed by atoms with E-state index in [-0.39, 0.29) is 30.0 Å². The van der Waals surface area contributed by atoms with Crippen molar-refractivity contribution >= 4 is 33.9 Å². The van der Waals surface area contributed by atoms with E-state index in [2.05, 4.69) is 15.4 Å². The number of fused-ring (bicyclic) bond motifs is 1. The average Bonchev–Trinajstić information content (AvgIpc) is 3.61. The summed E-state index contributed by atoms with van der Waals surface area (Å²) >= 11 is 1.36. The standard InChI is InChI=1S/C24H19FN4O5S/c25-15-7-9-17(10-8-15)33-13-20(30)27-19-4-2-1-3-18(19)23(32)34-12-16-11-21(31)29-24(26-16)35-22(28-29)14-5-6-14/h1-4,7-11,14H,5-6,12-13H2,(H,27,30). The Bertz CT molecular complexity index is 1460. The van der Waals surface area contributed by atoms with E-state index < -0.39 is 17.7 Å². The summed E-state index contributed by atoms with van der Waals surface area (Å²) in [6.07, 6.45) is 2.13. The lowest BCUT2D eigenvalue weighted by atomic mass is 10.2. The van der Waals surface area contributed by atoms with Gasteiger partial charge >= 0.3 is 5.97 Å². The van der Waals surface area contributed by atoms with Gasteiger partial charge in [-0.25, -0.2) is 14.2 Å². The molecule has 0 saturated heterocycles. The molecule has 0 atom stereocenters. The molecule has 2 aromatic heterocycles. The molecule has 4 aromatic rings. The van der Waals surface area contributed by atoms with Gasteiger partial charge in [-0.05, 0) is 49.2 Å². The van der Waals surface area contributed by atoms with Crippen LogP contribution in [0, 0.1) is 5.82 Å². The van der Waals surface area contributed by atoms with Crippen LogP contribution in [0.5, 0.6) is 5.75 Å². The van der Waals surface area contributed by atoms with E-state index in [1.807, 2.05) is 0 Å². The average molecular weight is 495 g/mol. The second kappa shape index (κ2) is 9.63. The Morgan fingerprint density at radius 2 is 1.91 bits per heavy atom. The molecule has 1 aliphatic carbocycles. The summed E-state index contributed by atoms with van der Waals surface area (Å²) in [6, 6.07) is 12.9. The summed E-state index contributed by atoms with van der Waals surface area (Å²) < 4.78 is 24.9. The molecule has 1 saturated carbocycles. The molecule has 35 heavy (non-hydrogen) atoms. The first-order valence-electron chi connectivity index (χ1n) is 10.8. The van der Waals surface area contributed by atoms with Crippen LogP contribution in [-0.2, 0) is 16.1 Å². The SMILES string of the molecule is O=C(COc1ccc(F)cc1)Nc1ccccc1C(=O)OCc1cc(=O)n2nc(C3CC3)sc2n1. The Kier molecular flexibility index (Phi) is 6.23. The summed E-state index contributed by atoms with van der Waals surface area (Å²) in [5.41, 5.74) is 0.348. The van der Waals surface area contributed by atoms with Crippen molar-refractivity contribution < 1.29 is 23.5 Å². The number of carbonyl (C=O) groups is 2. The van der Waals surface area contributed by atoms with Gasteiger partial charge in [0.05, 0.1) is 16.9 Å². The van der Waals surface area contributed by atoms with Gasteiger partial charge in [0.15, 0.2) is 6.61 Å². The van der Waals surface area contributed by atoms with Gasteiger partial charge in [-0.15, -0.1) is 0 Å². The molecule has 2 aromatic carbocycles. The Morgan fingerprint density at radius 3 is 2.69 bits per heavy atom. The first-order valence-corrected chi connectivity index (χ1v) is 11.6. The fourth-order valence-corrected chi connectivity index (χ4v) is 4.39. The van der Waals surface area contributed by atoms with Gasteiger partial charge < -0.3 is 14.8 Å². The maximum atomic E-state index is 13.0. The first-order chi connectivity index (χ1) is 17.0. The number of halogens is 1. The monoisotopic (exact) mass is 494 g/mol. The number of nitrogens with zero attached hydrogens (tertiary/aromatic N) is 3. The number of ether oxygens (including phenoxy) is 2. The Morgan fingerprint density at radius 1 is 1.14 bits per heavy atom. The topological polar surface area (TPSA) is 112 Å². The van der Waals surface area contributed by atoms with Crippen LogP contribution in [0.15, 0.2) is 59.4 Å². The van der Waals surface area contributed by atoms with Crippen LogP contribution >= 0.6 is 11.3 Å². The molecule has 5 rings (SSSR count). The summed E-state index contributed by atoms with van der Waals surface area (Å²) in [4.78, 5) is 42.3. The molecule has 0 bridgehead atoms. The Labute approximate surface area is 202 Å². The van der Waals surface area contributed by atoms with Gasteiger partial charge in [-0.1, -0.05) is 23.5 Å². The van der Waals surface area contributed by atoms with Crippen LogP contribution in [0.25, 0.3) is 4.96 Å². The minimum atomic E-state index is -0.690. The summed E-state index contributed by atoms with van der Waals surface area (Å²) in [6.45, 7) is -0.544. The fourth-order valence-electron chi connectivity index (χ4n) is 3.29. The van der Waals surface area contributed by atoms with Gasteiger partial charge in [-0.3, -0.25) is 9.59 Å². The predicted octanol–water partition coefficient (Wildman–Crippen LogP) is 3.54. The second-order valence-corrected chi connectivity index (χ2v) is 8.89. The van der Waals surface area contributed by atoms with E-state index in [0.717, 1.165) is 17.8 Å². The van der Waals surface area contributed by atoms with Crippen molar-refractivity contribution in [3.8, 4) is 5.75 Å². The van der Waals surface area contributed by atoms with E-state index in [1.54, 1.807) is 18.2 Å². The maximum Gasteiger partial charge on any atom is 0.340 e. The highest BCUT2D eigenvalue weighted by atomic mass is 32.1. The predicted molar refractivity (Wildman–Crippen MR) is 125 cm³/mol. The number of esters is 1. The van der Waals surface area contributed by atoms with Gasteiger partial charge in [0.1, 0.15) is 23.2 Å². The minimum absolute atomic E-state index is 0.134. The molecule has 0 unspecified atom stereocenters. The third kappa shape index (κ3) is 5.35. The lowest BCUT2D eigenvalue weighted by Crippen LogP contribution is -2.22. The van der Waals surface area contributed by atoms with Gasteiger partial charge in [-0.2, -0.15) is 9.61 Å². The van der Waals surface area contributed by atoms with Crippen molar-refractivity contribution in [1.82, 2.24) is 14.6 Å². The number of benzene rings is 2. The lowest BCUT2D eigenvalue weighted by molar-refractivity contribution is -0.118. The van der Waals surface area contributed by atoms with E-state index >= 15 is 0 Å².